The van der Waals surface area contributed by atoms with Gasteiger partial charge < -0.3 is 15.7 Å². The minimum Gasteiger partial charge on any atom is -0.428 e. The Hall–Kier alpha value is -0.545. The van der Waals surface area contributed by atoms with E-state index in [-0.39, 0.29) is 18.5 Å². The van der Waals surface area contributed by atoms with E-state index in [0.29, 0.717) is 13.0 Å². The summed E-state index contributed by atoms with van der Waals surface area (Å²) in [5, 5.41) is 2.69. The van der Waals surface area contributed by atoms with Crippen LogP contribution in [0.2, 0.25) is 5.82 Å². The molecule has 55 valence electrons. The van der Waals surface area contributed by atoms with Crippen molar-refractivity contribution in [2.75, 3.05) is 13.3 Å². The summed E-state index contributed by atoms with van der Waals surface area (Å²) in [6.45, 7) is 0.865. The van der Waals surface area contributed by atoms with Crippen LogP contribution >= 0.6 is 0 Å². The summed E-state index contributed by atoms with van der Waals surface area (Å²) >= 11 is 0. The van der Waals surface area contributed by atoms with E-state index in [4.69, 9.17) is 10.4 Å². The Morgan fingerprint density at radius 2 is 2.70 bits per heavy atom. The molecule has 1 saturated heterocycles. The number of nitrogens with two attached hydrogens (primary N) is 1. The minimum atomic E-state index is 0.0851. The first-order valence-electron chi connectivity index (χ1n) is 3.24. The van der Waals surface area contributed by atoms with Crippen LogP contribution in [0.25, 0.3) is 0 Å². The van der Waals surface area contributed by atoms with Gasteiger partial charge in [0.1, 0.15) is 0 Å². The van der Waals surface area contributed by atoms with Crippen molar-refractivity contribution in [3.05, 3.63) is 0 Å². The van der Waals surface area contributed by atoms with Gasteiger partial charge in [-0.25, -0.2) is 0 Å². The van der Waals surface area contributed by atoms with Gasteiger partial charge in [-0.1, -0.05) is 0 Å². The fourth-order valence-corrected chi connectivity index (χ4v) is 0.915. The van der Waals surface area contributed by atoms with Crippen molar-refractivity contribution in [3.8, 4) is 0 Å². The number of carbonyl (C=O) groups excluding carboxylic acids is 1. The van der Waals surface area contributed by atoms with E-state index in [0.717, 1.165) is 0 Å². The van der Waals surface area contributed by atoms with E-state index < -0.39 is 0 Å². The molecule has 0 saturated carbocycles. The molecule has 0 aromatic carbocycles. The van der Waals surface area contributed by atoms with Gasteiger partial charge in [-0.05, 0) is 5.82 Å². The maximum atomic E-state index is 10.6. The fraction of sp³-hybridized carbons (Fsp3) is 0.800. The van der Waals surface area contributed by atoms with Crippen LogP contribution in [0, 0.1) is 0 Å². The average Bonchev–Trinajstić information content (AvgIpc) is 2.31. The number of nitrogens with one attached hydrogen (secondary N) is 1. The molecule has 1 amide bonds. The second-order valence-electron chi connectivity index (χ2n) is 2.24. The molecule has 5 heteroatoms. The number of hydrogen-bond acceptors (Lipinski definition) is 3. The van der Waals surface area contributed by atoms with E-state index in [9.17, 15) is 4.79 Å². The highest BCUT2D eigenvalue weighted by molar-refractivity contribution is 6.31. The summed E-state index contributed by atoms with van der Waals surface area (Å²) in [5.41, 5.74) is 5.08. The van der Waals surface area contributed by atoms with Gasteiger partial charge in [-0.15, -0.1) is 0 Å². The molecule has 0 spiro atoms. The van der Waals surface area contributed by atoms with Crippen molar-refractivity contribution >= 4 is 13.4 Å². The summed E-state index contributed by atoms with van der Waals surface area (Å²) in [6, 6.07) is 0. The Balaban J connectivity index is 2.12. The van der Waals surface area contributed by atoms with Crippen molar-refractivity contribution in [2.24, 2.45) is 5.73 Å². The molecule has 1 rings (SSSR count). The summed E-state index contributed by atoms with van der Waals surface area (Å²) in [6.07, 6.45) is 0.528. The number of rotatable bonds is 3. The highest BCUT2D eigenvalue weighted by Gasteiger charge is 2.22. The van der Waals surface area contributed by atoms with Crippen molar-refractivity contribution in [1.82, 2.24) is 5.32 Å². The summed E-state index contributed by atoms with van der Waals surface area (Å²) < 4.78 is 4.83. The second-order valence-corrected chi connectivity index (χ2v) is 2.24. The van der Waals surface area contributed by atoms with E-state index in [1.54, 1.807) is 7.48 Å². The molecular weight excluding hydrogens is 131 g/mol. The maximum absolute atomic E-state index is 10.6. The van der Waals surface area contributed by atoms with E-state index in [2.05, 4.69) is 5.32 Å². The molecule has 0 unspecified atom stereocenters. The Morgan fingerprint density at radius 1 is 1.90 bits per heavy atom. The van der Waals surface area contributed by atoms with Crippen molar-refractivity contribution in [1.29, 1.82) is 0 Å². The number of amides is 1. The van der Waals surface area contributed by atoms with E-state index in [1.165, 1.54) is 0 Å². The SMILES string of the molecule is NCO[B][C@@H]1CNC(=O)C1. The van der Waals surface area contributed by atoms with Gasteiger partial charge in [0, 0.05) is 13.0 Å². The van der Waals surface area contributed by atoms with Crippen molar-refractivity contribution in [2.45, 2.75) is 12.2 Å². The van der Waals surface area contributed by atoms with Crippen LogP contribution < -0.4 is 11.1 Å². The molecule has 1 aliphatic heterocycles. The molecule has 1 heterocycles. The first-order valence-corrected chi connectivity index (χ1v) is 3.24. The Morgan fingerprint density at radius 3 is 3.20 bits per heavy atom. The van der Waals surface area contributed by atoms with Crippen LogP contribution in [-0.4, -0.2) is 26.7 Å². The van der Waals surface area contributed by atoms with Crippen LogP contribution in [-0.2, 0) is 9.45 Å². The van der Waals surface area contributed by atoms with Gasteiger partial charge in [-0.2, -0.15) is 0 Å². The minimum absolute atomic E-state index is 0.0851. The third-order valence-corrected chi connectivity index (χ3v) is 1.39. The lowest BCUT2D eigenvalue weighted by molar-refractivity contribution is -0.119. The van der Waals surface area contributed by atoms with Crippen LogP contribution in [0.1, 0.15) is 6.42 Å². The molecule has 1 radical (unpaired) electrons. The maximum Gasteiger partial charge on any atom is 0.299 e. The van der Waals surface area contributed by atoms with Crippen molar-refractivity contribution < 1.29 is 9.45 Å². The zero-order valence-corrected chi connectivity index (χ0v) is 5.67. The molecule has 0 aromatic rings. The summed E-state index contributed by atoms with van der Waals surface area (Å²) in [5.74, 6) is 0.290. The van der Waals surface area contributed by atoms with Gasteiger partial charge in [-0.3, -0.25) is 4.79 Å². The average molecular weight is 141 g/mol. The zero-order valence-electron chi connectivity index (χ0n) is 5.67. The predicted octanol–water partition coefficient (Wildman–Crippen LogP) is -1.15. The lowest BCUT2D eigenvalue weighted by Crippen LogP contribution is -2.16. The van der Waals surface area contributed by atoms with Crippen LogP contribution in [0.15, 0.2) is 0 Å². The van der Waals surface area contributed by atoms with Gasteiger partial charge in [0.15, 0.2) is 0 Å². The molecule has 0 aromatic heterocycles. The fourth-order valence-electron chi connectivity index (χ4n) is 0.915. The topological polar surface area (TPSA) is 64.3 Å². The van der Waals surface area contributed by atoms with Crippen LogP contribution in [0.5, 0.6) is 0 Å². The number of hydrogen-bond donors (Lipinski definition) is 2. The van der Waals surface area contributed by atoms with Crippen molar-refractivity contribution in [3.63, 3.8) is 0 Å². The highest BCUT2D eigenvalue weighted by Crippen LogP contribution is 2.13. The molecule has 0 aliphatic carbocycles. The first-order chi connectivity index (χ1) is 4.83. The van der Waals surface area contributed by atoms with Gasteiger partial charge >= 0.3 is 0 Å². The molecule has 3 N–H and O–H groups in total. The van der Waals surface area contributed by atoms with Crippen LogP contribution in [0.4, 0.5) is 0 Å². The van der Waals surface area contributed by atoms with Gasteiger partial charge in [0.05, 0.1) is 6.73 Å². The molecule has 1 fully saturated rings. The normalized spacial score (nSPS) is 24.5. The van der Waals surface area contributed by atoms with Crippen LogP contribution in [0.3, 0.4) is 0 Å². The lowest BCUT2D eigenvalue weighted by atomic mass is 9.79. The zero-order chi connectivity index (χ0) is 7.40. The predicted molar refractivity (Wildman–Crippen MR) is 37.3 cm³/mol. The van der Waals surface area contributed by atoms with Gasteiger partial charge in [0.2, 0.25) is 5.91 Å². The molecule has 4 nitrogen and oxygen atoms in total. The largest absolute Gasteiger partial charge is 0.428 e. The number of carbonyl (C=O) groups is 1. The second kappa shape index (κ2) is 3.58. The third kappa shape index (κ3) is 2.00. The molecule has 1 atom stereocenters. The first kappa shape index (κ1) is 7.56. The lowest BCUT2D eigenvalue weighted by Gasteiger charge is -2.02. The molecule has 1 aliphatic rings. The molecule has 0 bridgehead atoms. The Labute approximate surface area is 60.4 Å². The summed E-state index contributed by atoms with van der Waals surface area (Å²) in [7, 11) is 1.62. The smallest absolute Gasteiger partial charge is 0.299 e. The summed E-state index contributed by atoms with van der Waals surface area (Å²) in [4.78, 5) is 10.6. The van der Waals surface area contributed by atoms with Gasteiger partial charge in [0.25, 0.3) is 7.48 Å². The Bertz CT molecular complexity index is 131. The quantitative estimate of drug-likeness (QED) is 0.385. The standard InChI is InChI=1S/C5H10BN2O2/c7-3-10-6-4-1-5(9)8-2-4/h4H,1-3,7H2,(H,8,9)/t4-/m0/s1. The monoisotopic (exact) mass is 141 g/mol. The highest BCUT2D eigenvalue weighted by atomic mass is 16.4. The molecule has 10 heavy (non-hydrogen) atoms. The van der Waals surface area contributed by atoms with E-state index >= 15 is 0 Å². The molecular formula is C5H10BN2O2. The third-order valence-electron chi connectivity index (χ3n) is 1.39. The van der Waals surface area contributed by atoms with E-state index in [1.807, 2.05) is 0 Å². The Kier molecular flexibility index (Phi) is 2.71.